The van der Waals surface area contributed by atoms with Crippen molar-refractivity contribution < 1.29 is 26.7 Å². The van der Waals surface area contributed by atoms with E-state index in [-0.39, 0.29) is 30.7 Å². The van der Waals surface area contributed by atoms with Crippen LogP contribution in [0.2, 0.25) is 0 Å². The van der Waals surface area contributed by atoms with E-state index in [4.69, 9.17) is 0 Å². The van der Waals surface area contributed by atoms with Gasteiger partial charge in [-0.2, -0.15) is 13.2 Å². The molecule has 2 atom stereocenters. The average Bonchev–Trinajstić information content (AvgIpc) is 2.86. The first-order valence-corrected chi connectivity index (χ1v) is 11.7. The molecule has 0 aromatic heterocycles. The highest BCUT2D eigenvalue weighted by atomic mass is 19.4. The molecule has 0 saturated carbocycles. The van der Waals surface area contributed by atoms with Crippen molar-refractivity contribution in [3.63, 3.8) is 0 Å². The lowest BCUT2D eigenvalue weighted by Crippen LogP contribution is -2.61. The van der Waals surface area contributed by atoms with Crippen molar-refractivity contribution >= 4 is 17.3 Å². The van der Waals surface area contributed by atoms with Gasteiger partial charge < -0.3 is 15.1 Å². The van der Waals surface area contributed by atoms with Gasteiger partial charge in [-0.1, -0.05) is 12.1 Å². The highest BCUT2D eigenvalue weighted by molar-refractivity contribution is 5.82. The van der Waals surface area contributed by atoms with E-state index in [0.717, 1.165) is 17.8 Å². The molecule has 3 aromatic rings. The molecule has 36 heavy (non-hydrogen) atoms. The molecular weight excluding hydrogens is 477 g/mol. The van der Waals surface area contributed by atoms with Gasteiger partial charge in [0.1, 0.15) is 11.6 Å². The topological polar surface area (TPSA) is 35.6 Å². The number of carbonyl (C=O) groups is 1. The number of nitrogens with zero attached hydrogens (tertiary/aromatic N) is 2. The number of nitrogens with one attached hydrogen (secondary N) is 1. The highest BCUT2D eigenvalue weighted by Crippen LogP contribution is 2.40. The van der Waals surface area contributed by atoms with Crippen LogP contribution in [0, 0.1) is 17.6 Å². The Morgan fingerprint density at radius 3 is 2.44 bits per heavy atom. The van der Waals surface area contributed by atoms with Gasteiger partial charge in [0.15, 0.2) is 0 Å². The Labute approximate surface area is 205 Å². The fourth-order valence-electron chi connectivity index (χ4n) is 5.15. The van der Waals surface area contributed by atoms with Gasteiger partial charge in [-0.15, -0.1) is 0 Å². The van der Waals surface area contributed by atoms with E-state index in [1.54, 1.807) is 24.3 Å². The molecule has 2 aliphatic rings. The third-order valence-corrected chi connectivity index (χ3v) is 6.92. The summed E-state index contributed by atoms with van der Waals surface area (Å²) in [7, 11) is 0. The number of hydrogen-bond donors (Lipinski definition) is 1. The first kappa shape index (κ1) is 24.1. The summed E-state index contributed by atoms with van der Waals surface area (Å²) in [4.78, 5) is 17.4. The number of rotatable bonds is 4. The summed E-state index contributed by atoms with van der Waals surface area (Å²) in [5, 5.41) is 2.84. The molecule has 4 nitrogen and oxygen atoms in total. The van der Waals surface area contributed by atoms with Gasteiger partial charge in [0.05, 0.1) is 17.5 Å². The maximum absolute atomic E-state index is 13.6. The second-order valence-corrected chi connectivity index (χ2v) is 9.18. The number of amides is 1. The van der Waals surface area contributed by atoms with Crippen molar-refractivity contribution in [3.8, 4) is 0 Å². The van der Waals surface area contributed by atoms with Crippen LogP contribution in [-0.2, 0) is 23.9 Å². The Morgan fingerprint density at radius 2 is 1.72 bits per heavy atom. The van der Waals surface area contributed by atoms with Gasteiger partial charge in [-0.05, 0) is 72.1 Å². The molecule has 1 amide bonds. The minimum atomic E-state index is -4.48. The predicted octanol–water partition coefficient (Wildman–Crippen LogP) is 5.17. The molecule has 2 aliphatic heterocycles. The van der Waals surface area contributed by atoms with Crippen LogP contribution >= 0.6 is 0 Å². The third-order valence-electron chi connectivity index (χ3n) is 6.92. The van der Waals surface area contributed by atoms with E-state index >= 15 is 0 Å². The van der Waals surface area contributed by atoms with E-state index < -0.39 is 23.5 Å². The van der Waals surface area contributed by atoms with Crippen LogP contribution in [0.15, 0.2) is 66.7 Å². The molecule has 3 aromatic carbocycles. The highest BCUT2D eigenvalue weighted by Gasteiger charge is 2.42. The summed E-state index contributed by atoms with van der Waals surface area (Å²) in [6.07, 6.45) is -4.34. The van der Waals surface area contributed by atoms with Gasteiger partial charge >= 0.3 is 6.18 Å². The van der Waals surface area contributed by atoms with Crippen molar-refractivity contribution in [2.45, 2.75) is 25.2 Å². The molecule has 1 N–H and O–H groups in total. The van der Waals surface area contributed by atoms with Crippen LogP contribution in [0.25, 0.3) is 0 Å². The van der Waals surface area contributed by atoms with Gasteiger partial charge in [-0.3, -0.25) is 4.79 Å². The van der Waals surface area contributed by atoms with Crippen LogP contribution < -0.4 is 15.1 Å². The zero-order valence-electron chi connectivity index (χ0n) is 19.2. The monoisotopic (exact) mass is 501 g/mol. The summed E-state index contributed by atoms with van der Waals surface area (Å²) in [6.45, 7) is 1.62. The quantitative estimate of drug-likeness (QED) is 0.502. The van der Waals surface area contributed by atoms with E-state index in [2.05, 4.69) is 10.2 Å². The van der Waals surface area contributed by atoms with E-state index in [9.17, 15) is 26.7 Å². The molecular formula is C27H24F5N3O. The Kier molecular flexibility index (Phi) is 6.32. The SMILES string of the molecule is O=C(NCc1cccc(F)c1)[C@@H]1Cc2cc(C(F)(F)F)ccc2N2CCN(c3ccc(F)cc3)C[C@@H]12. The summed E-state index contributed by atoms with van der Waals surface area (Å²) < 4.78 is 67.2. The summed E-state index contributed by atoms with van der Waals surface area (Å²) >= 11 is 0. The molecule has 1 fully saturated rings. The Morgan fingerprint density at radius 1 is 0.944 bits per heavy atom. The molecule has 0 aliphatic carbocycles. The number of hydrogen-bond acceptors (Lipinski definition) is 3. The Bertz CT molecular complexity index is 1260. The molecule has 0 unspecified atom stereocenters. The molecule has 1 saturated heterocycles. The van der Waals surface area contributed by atoms with Crippen LogP contribution in [0.3, 0.4) is 0 Å². The standard InChI is InChI=1S/C27H24F5N3O/c28-20-5-7-22(8-6-20)34-10-11-35-24-9-4-19(27(30,31)32)13-18(24)14-23(25(35)16-34)26(36)33-15-17-2-1-3-21(29)12-17/h1-9,12-13,23,25H,10-11,14-16H2,(H,33,36)/t23-,25+/m1/s1. The van der Waals surface area contributed by atoms with Gasteiger partial charge in [0.2, 0.25) is 5.91 Å². The summed E-state index contributed by atoms with van der Waals surface area (Å²) in [5.41, 5.74) is 1.83. The van der Waals surface area contributed by atoms with Gasteiger partial charge in [0, 0.05) is 37.6 Å². The average molecular weight is 501 g/mol. The fourth-order valence-corrected chi connectivity index (χ4v) is 5.15. The normalized spacial score (nSPS) is 19.5. The van der Waals surface area contributed by atoms with Crippen LogP contribution in [0.1, 0.15) is 16.7 Å². The number of halogens is 5. The first-order valence-electron chi connectivity index (χ1n) is 11.7. The second kappa shape index (κ2) is 9.44. The molecule has 2 heterocycles. The van der Waals surface area contributed by atoms with Crippen molar-refractivity contribution in [3.05, 3.63) is 95.1 Å². The number of fused-ring (bicyclic) bond motifs is 3. The van der Waals surface area contributed by atoms with Crippen LogP contribution in [0.4, 0.5) is 33.3 Å². The fraction of sp³-hybridized carbons (Fsp3) is 0.296. The lowest BCUT2D eigenvalue weighted by molar-refractivity contribution is -0.137. The minimum absolute atomic E-state index is 0.108. The molecule has 0 spiro atoms. The third kappa shape index (κ3) is 4.87. The second-order valence-electron chi connectivity index (χ2n) is 9.18. The predicted molar refractivity (Wildman–Crippen MR) is 127 cm³/mol. The summed E-state index contributed by atoms with van der Waals surface area (Å²) in [5.74, 6) is -1.70. The lowest BCUT2D eigenvalue weighted by atomic mass is 9.82. The largest absolute Gasteiger partial charge is 0.416 e. The van der Waals surface area contributed by atoms with Crippen molar-refractivity contribution in [1.82, 2.24) is 5.32 Å². The smallest absolute Gasteiger partial charge is 0.368 e. The minimum Gasteiger partial charge on any atom is -0.368 e. The maximum Gasteiger partial charge on any atom is 0.416 e. The number of alkyl halides is 3. The van der Waals surface area contributed by atoms with Crippen molar-refractivity contribution in [2.75, 3.05) is 29.4 Å². The molecule has 9 heteroatoms. The number of anilines is 2. The van der Waals surface area contributed by atoms with Crippen molar-refractivity contribution in [1.29, 1.82) is 0 Å². The zero-order chi connectivity index (χ0) is 25.4. The number of carbonyl (C=O) groups excluding carboxylic acids is 1. The maximum atomic E-state index is 13.6. The Balaban J connectivity index is 1.44. The van der Waals surface area contributed by atoms with E-state index in [1.807, 2.05) is 4.90 Å². The van der Waals surface area contributed by atoms with E-state index in [1.165, 1.54) is 30.3 Å². The van der Waals surface area contributed by atoms with Crippen molar-refractivity contribution in [2.24, 2.45) is 5.92 Å². The first-order chi connectivity index (χ1) is 17.2. The van der Waals surface area contributed by atoms with Crippen LogP contribution in [-0.4, -0.2) is 31.6 Å². The molecule has 5 rings (SSSR count). The van der Waals surface area contributed by atoms with Gasteiger partial charge in [0.25, 0.3) is 0 Å². The lowest BCUT2D eigenvalue weighted by Gasteiger charge is -2.49. The summed E-state index contributed by atoms with van der Waals surface area (Å²) in [6, 6.07) is 15.4. The molecule has 0 radical (unpaired) electrons. The molecule has 188 valence electrons. The van der Waals surface area contributed by atoms with Gasteiger partial charge in [-0.25, -0.2) is 8.78 Å². The number of benzene rings is 3. The number of piperazine rings is 1. The van der Waals surface area contributed by atoms with E-state index in [0.29, 0.717) is 36.4 Å². The Hall–Kier alpha value is -3.62. The molecule has 0 bridgehead atoms. The zero-order valence-corrected chi connectivity index (χ0v) is 19.2. The van der Waals surface area contributed by atoms with Crippen LogP contribution in [0.5, 0.6) is 0 Å².